The molecule has 1 aliphatic rings. The average Bonchev–Trinajstić information content (AvgIpc) is 2.86. The van der Waals surface area contributed by atoms with Gasteiger partial charge in [0, 0.05) is 12.0 Å². The topological polar surface area (TPSA) is 55.1 Å². The lowest BCUT2D eigenvalue weighted by Gasteiger charge is -2.37. The first-order chi connectivity index (χ1) is 10.0. The number of carbonyl (C=O) groups is 1. The monoisotopic (exact) mass is 286 g/mol. The van der Waals surface area contributed by atoms with Crippen molar-refractivity contribution in [2.75, 3.05) is 0 Å². The van der Waals surface area contributed by atoms with Crippen molar-refractivity contribution in [2.45, 2.75) is 57.9 Å². The van der Waals surface area contributed by atoms with Gasteiger partial charge in [0.1, 0.15) is 5.82 Å². The molecule has 2 aromatic rings. The van der Waals surface area contributed by atoms with Gasteiger partial charge in [-0.2, -0.15) is 0 Å². The third-order valence-electron chi connectivity index (χ3n) is 4.76. The first kappa shape index (κ1) is 14.1. The van der Waals surface area contributed by atoms with Crippen LogP contribution in [0.3, 0.4) is 0 Å². The fourth-order valence-electron chi connectivity index (χ4n) is 3.63. The van der Waals surface area contributed by atoms with Gasteiger partial charge in [0.2, 0.25) is 0 Å². The lowest BCUT2D eigenvalue weighted by molar-refractivity contribution is 0.0697. The number of hydrogen-bond donors (Lipinski definition) is 1. The van der Waals surface area contributed by atoms with E-state index in [1.165, 1.54) is 19.3 Å². The molecule has 1 saturated carbocycles. The lowest BCUT2D eigenvalue weighted by atomic mass is 9.82. The third-order valence-corrected chi connectivity index (χ3v) is 4.76. The summed E-state index contributed by atoms with van der Waals surface area (Å²) in [6, 6.07) is 5.26. The summed E-state index contributed by atoms with van der Waals surface area (Å²) >= 11 is 0. The maximum Gasteiger partial charge on any atom is 0.335 e. The fraction of sp³-hybridized carbons (Fsp3) is 0.529. The molecule has 1 aromatic carbocycles. The zero-order valence-corrected chi connectivity index (χ0v) is 12.7. The molecule has 0 unspecified atom stereocenters. The molecule has 0 spiro atoms. The van der Waals surface area contributed by atoms with Gasteiger partial charge >= 0.3 is 5.97 Å². The number of aryl methyl sites for hydroxylation is 1. The third kappa shape index (κ3) is 2.33. The predicted molar refractivity (Wildman–Crippen MR) is 82.8 cm³/mol. The molecule has 1 fully saturated rings. The number of nitrogens with zero attached hydrogens (tertiary/aromatic N) is 2. The highest BCUT2D eigenvalue weighted by Gasteiger charge is 2.32. The van der Waals surface area contributed by atoms with Gasteiger partial charge in [0.05, 0.1) is 16.6 Å². The van der Waals surface area contributed by atoms with Crippen molar-refractivity contribution in [2.24, 2.45) is 0 Å². The van der Waals surface area contributed by atoms with Gasteiger partial charge in [-0.3, -0.25) is 0 Å². The molecule has 21 heavy (non-hydrogen) atoms. The summed E-state index contributed by atoms with van der Waals surface area (Å²) in [7, 11) is 0. The number of fused-ring (bicyclic) bond motifs is 1. The number of aromatic nitrogens is 2. The molecular weight excluding hydrogens is 264 g/mol. The number of benzene rings is 1. The highest BCUT2D eigenvalue weighted by molar-refractivity contribution is 5.92. The van der Waals surface area contributed by atoms with E-state index in [0.717, 1.165) is 36.1 Å². The molecule has 0 bridgehead atoms. The molecule has 0 radical (unpaired) electrons. The van der Waals surface area contributed by atoms with Crippen molar-refractivity contribution >= 4 is 17.0 Å². The van der Waals surface area contributed by atoms with Crippen LogP contribution in [0.15, 0.2) is 18.2 Å². The van der Waals surface area contributed by atoms with E-state index < -0.39 is 5.97 Å². The predicted octanol–water partition coefficient (Wildman–Crippen LogP) is 3.98. The largest absolute Gasteiger partial charge is 0.478 e. The summed E-state index contributed by atoms with van der Waals surface area (Å²) in [4.78, 5) is 16.0. The Morgan fingerprint density at radius 3 is 2.67 bits per heavy atom. The van der Waals surface area contributed by atoms with Crippen LogP contribution in [0.4, 0.5) is 0 Å². The summed E-state index contributed by atoms with van der Waals surface area (Å²) < 4.78 is 2.31. The van der Waals surface area contributed by atoms with Crippen molar-refractivity contribution in [3.05, 3.63) is 29.6 Å². The maximum absolute atomic E-state index is 11.3. The number of imidazole rings is 1. The highest BCUT2D eigenvalue weighted by Crippen LogP contribution is 2.38. The Morgan fingerprint density at radius 2 is 2.05 bits per heavy atom. The van der Waals surface area contributed by atoms with Crippen LogP contribution in [0, 0.1) is 0 Å². The summed E-state index contributed by atoms with van der Waals surface area (Å²) in [5.41, 5.74) is 2.28. The first-order valence-electron chi connectivity index (χ1n) is 7.80. The minimum Gasteiger partial charge on any atom is -0.478 e. The molecule has 4 nitrogen and oxygen atoms in total. The molecule has 0 atom stereocenters. The second-order valence-corrected chi connectivity index (χ2v) is 6.28. The molecule has 0 amide bonds. The number of carboxylic acids is 1. The van der Waals surface area contributed by atoms with Gasteiger partial charge in [-0.25, -0.2) is 9.78 Å². The number of hydrogen-bond acceptors (Lipinski definition) is 2. The van der Waals surface area contributed by atoms with E-state index in [0.29, 0.717) is 5.56 Å². The second-order valence-electron chi connectivity index (χ2n) is 6.28. The lowest BCUT2D eigenvalue weighted by Crippen LogP contribution is -2.33. The van der Waals surface area contributed by atoms with Crippen LogP contribution in [-0.4, -0.2) is 20.6 Å². The van der Waals surface area contributed by atoms with Gasteiger partial charge in [-0.05, 0) is 38.0 Å². The van der Waals surface area contributed by atoms with E-state index in [2.05, 4.69) is 18.4 Å². The van der Waals surface area contributed by atoms with Gasteiger partial charge in [0.15, 0.2) is 0 Å². The van der Waals surface area contributed by atoms with E-state index in [4.69, 9.17) is 4.98 Å². The Morgan fingerprint density at radius 1 is 1.33 bits per heavy atom. The van der Waals surface area contributed by atoms with Crippen LogP contribution in [-0.2, 0) is 12.0 Å². The van der Waals surface area contributed by atoms with E-state index >= 15 is 0 Å². The van der Waals surface area contributed by atoms with Crippen molar-refractivity contribution in [3.8, 4) is 0 Å². The van der Waals surface area contributed by atoms with E-state index in [1.807, 2.05) is 6.07 Å². The van der Waals surface area contributed by atoms with Crippen molar-refractivity contribution in [1.82, 2.24) is 9.55 Å². The molecule has 1 aromatic heterocycles. The Kier molecular flexibility index (Phi) is 3.47. The zero-order chi connectivity index (χ0) is 15.0. The SMILES string of the molecule is CCc1nc2ccc(C(=O)O)cc2n1C1(C)CCCCC1. The molecule has 1 heterocycles. The molecule has 112 valence electrons. The molecule has 0 aliphatic heterocycles. The van der Waals surface area contributed by atoms with Crippen molar-refractivity contribution in [3.63, 3.8) is 0 Å². The van der Waals surface area contributed by atoms with Crippen LogP contribution in [0.25, 0.3) is 11.0 Å². The number of aromatic carboxylic acids is 1. The number of rotatable bonds is 3. The average molecular weight is 286 g/mol. The van der Waals surface area contributed by atoms with Crippen LogP contribution >= 0.6 is 0 Å². The summed E-state index contributed by atoms with van der Waals surface area (Å²) in [6.45, 7) is 4.40. The smallest absolute Gasteiger partial charge is 0.335 e. The van der Waals surface area contributed by atoms with E-state index in [9.17, 15) is 9.90 Å². The maximum atomic E-state index is 11.3. The molecule has 0 saturated heterocycles. The van der Waals surface area contributed by atoms with Gasteiger partial charge in [-0.15, -0.1) is 0 Å². The Balaban J connectivity index is 2.22. The molecule has 3 rings (SSSR count). The quantitative estimate of drug-likeness (QED) is 0.928. The molecule has 1 N–H and O–H groups in total. The normalized spacial score (nSPS) is 18.0. The van der Waals surface area contributed by atoms with Gasteiger partial charge in [-0.1, -0.05) is 26.2 Å². The minimum absolute atomic E-state index is 0.0650. The van der Waals surface area contributed by atoms with Crippen molar-refractivity contribution < 1.29 is 9.90 Å². The highest BCUT2D eigenvalue weighted by atomic mass is 16.4. The summed E-state index contributed by atoms with van der Waals surface area (Å²) in [6.07, 6.45) is 6.91. The van der Waals surface area contributed by atoms with Gasteiger partial charge < -0.3 is 9.67 Å². The van der Waals surface area contributed by atoms with Crippen LogP contribution in [0.2, 0.25) is 0 Å². The summed E-state index contributed by atoms with van der Waals surface area (Å²) in [5, 5.41) is 9.24. The van der Waals surface area contributed by atoms with Gasteiger partial charge in [0.25, 0.3) is 0 Å². The standard InChI is InChI=1S/C17H22N2O2/c1-3-15-18-13-8-7-12(16(20)21)11-14(13)19(15)17(2)9-5-4-6-10-17/h7-8,11H,3-6,9-10H2,1-2H3,(H,20,21). The second kappa shape index (κ2) is 5.17. The van der Waals surface area contributed by atoms with E-state index in [-0.39, 0.29) is 5.54 Å². The Bertz CT molecular complexity index is 681. The van der Waals surface area contributed by atoms with Crippen LogP contribution in [0.1, 0.15) is 62.1 Å². The Hall–Kier alpha value is -1.84. The summed E-state index contributed by atoms with van der Waals surface area (Å²) in [5.74, 6) is 0.188. The molecule has 1 aliphatic carbocycles. The first-order valence-corrected chi connectivity index (χ1v) is 7.80. The molecular formula is C17H22N2O2. The fourth-order valence-corrected chi connectivity index (χ4v) is 3.63. The minimum atomic E-state index is -0.878. The molecule has 4 heteroatoms. The van der Waals surface area contributed by atoms with Crippen LogP contribution in [0.5, 0.6) is 0 Å². The van der Waals surface area contributed by atoms with Crippen LogP contribution < -0.4 is 0 Å². The Labute approximate surface area is 124 Å². The number of carboxylic acid groups (broad SMARTS) is 1. The van der Waals surface area contributed by atoms with E-state index in [1.54, 1.807) is 12.1 Å². The van der Waals surface area contributed by atoms with Crippen molar-refractivity contribution in [1.29, 1.82) is 0 Å². The zero-order valence-electron chi connectivity index (χ0n) is 12.7.